The number of thioether (sulfide) groups is 1. The molecule has 224 valence electrons. The summed E-state index contributed by atoms with van der Waals surface area (Å²) >= 11 is 1.16. The largest absolute Gasteiger partial charge is 0.479 e. The van der Waals surface area contributed by atoms with Crippen LogP contribution in [-0.2, 0) is 4.79 Å². The topological polar surface area (TPSA) is 129 Å². The van der Waals surface area contributed by atoms with Crippen molar-refractivity contribution >= 4 is 45.9 Å². The predicted octanol–water partition coefficient (Wildman–Crippen LogP) is 5.83. The first kappa shape index (κ1) is 30.2. The second kappa shape index (κ2) is 13.0. The van der Waals surface area contributed by atoms with Gasteiger partial charge in [0.05, 0.1) is 22.8 Å². The van der Waals surface area contributed by atoms with Crippen molar-refractivity contribution in [3.05, 3.63) is 78.4 Å². The minimum Gasteiger partial charge on any atom is -0.479 e. The van der Waals surface area contributed by atoms with Crippen LogP contribution in [0.2, 0.25) is 0 Å². The van der Waals surface area contributed by atoms with E-state index in [4.69, 9.17) is 10.00 Å². The lowest BCUT2D eigenvalue weighted by atomic mass is 9.99. The molecule has 1 fully saturated rings. The molecule has 13 heteroatoms. The van der Waals surface area contributed by atoms with Crippen LogP contribution in [0, 0.1) is 17.1 Å². The van der Waals surface area contributed by atoms with Gasteiger partial charge in [0.1, 0.15) is 24.0 Å². The third-order valence-electron chi connectivity index (χ3n) is 6.72. The number of carbonyl (C=O) groups is 2. The molecule has 1 aromatic heterocycles. The van der Waals surface area contributed by atoms with Crippen molar-refractivity contribution in [2.24, 2.45) is 4.99 Å². The lowest BCUT2D eigenvalue weighted by Crippen LogP contribution is -2.31. The fourth-order valence-electron chi connectivity index (χ4n) is 4.49. The average Bonchev–Trinajstić information content (AvgIpc) is 3.64. The number of carbonyl (C=O) groups excluding carboxylic acids is 2. The summed E-state index contributed by atoms with van der Waals surface area (Å²) < 4.78 is 21.9. The van der Waals surface area contributed by atoms with Gasteiger partial charge in [0.25, 0.3) is 0 Å². The lowest BCUT2D eigenvalue weighted by Gasteiger charge is -2.24. The van der Waals surface area contributed by atoms with Crippen molar-refractivity contribution in [3.63, 3.8) is 0 Å². The Labute approximate surface area is 258 Å². The van der Waals surface area contributed by atoms with Gasteiger partial charge in [-0.1, -0.05) is 31.7 Å². The van der Waals surface area contributed by atoms with Gasteiger partial charge < -0.3 is 15.0 Å². The molecule has 0 aliphatic carbocycles. The maximum atomic E-state index is 15.1. The summed E-state index contributed by atoms with van der Waals surface area (Å²) in [5.41, 5.74) is 3.54. The van der Waals surface area contributed by atoms with Gasteiger partial charge in [0.15, 0.2) is 17.6 Å². The number of nitriles is 1. The zero-order valence-electron chi connectivity index (χ0n) is 24.5. The predicted molar refractivity (Wildman–Crippen MR) is 169 cm³/mol. The molecular weight excluding hydrogens is 583 g/mol. The number of amidine groups is 1. The first-order valence-electron chi connectivity index (χ1n) is 13.6. The van der Waals surface area contributed by atoms with Crippen molar-refractivity contribution in [1.29, 1.82) is 5.26 Å². The Bertz CT molecular complexity index is 1780. The van der Waals surface area contributed by atoms with Crippen LogP contribution in [0.5, 0.6) is 5.75 Å². The Hall–Kier alpha value is -5.22. The summed E-state index contributed by atoms with van der Waals surface area (Å²) in [6, 6.07) is 18.1. The molecule has 1 N–H and O–H groups in total. The van der Waals surface area contributed by atoms with Crippen LogP contribution in [-0.4, -0.2) is 58.3 Å². The molecule has 0 bridgehead atoms. The minimum atomic E-state index is -0.807. The average molecular weight is 613 g/mol. The van der Waals surface area contributed by atoms with Crippen molar-refractivity contribution in [1.82, 2.24) is 14.8 Å². The number of hydrogen-bond donors (Lipinski definition) is 1. The van der Waals surface area contributed by atoms with Crippen LogP contribution in [0.25, 0.3) is 17.1 Å². The molecule has 11 nitrogen and oxygen atoms in total. The Balaban J connectivity index is 1.32. The van der Waals surface area contributed by atoms with Crippen LogP contribution < -0.4 is 19.9 Å². The van der Waals surface area contributed by atoms with E-state index in [-0.39, 0.29) is 40.9 Å². The van der Waals surface area contributed by atoms with Gasteiger partial charge >= 0.3 is 6.03 Å². The van der Waals surface area contributed by atoms with E-state index < -0.39 is 11.8 Å². The molecule has 4 aromatic rings. The van der Waals surface area contributed by atoms with E-state index in [9.17, 15) is 9.59 Å². The quantitative estimate of drug-likeness (QED) is 0.263. The summed E-state index contributed by atoms with van der Waals surface area (Å²) in [5, 5.41) is 15.8. The molecule has 0 unspecified atom stereocenters. The number of aliphatic imine (C=N–C) groups is 1. The Morgan fingerprint density at radius 3 is 2.64 bits per heavy atom. The lowest BCUT2D eigenvalue weighted by molar-refractivity contribution is -0.115. The number of amides is 3. The number of nitrogens with one attached hydrogen (secondary N) is 1. The van der Waals surface area contributed by atoms with Crippen LogP contribution in [0.3, 0.4) is 0 Å². The molecule has 3 amide bonds. The van der Waals surface area contributed by atoms with Crippen LogP contribution in [0.1, 0.15) is 25.3 Å². The monoisotopic (exact) mass is 612 g/mol. The summed E-state index contributed by atoms with van der Waals surface area (Å²) in [7, 11) is 3.82. The third-order valence-corrected chi connectivity index (χ3v) is 7.64. The Kier molecular flexibility index (Phi) is 8.91. The number of aromatic nitrogens is 3. The highest BCUT2D eigenvalue weighted by Gasteiger charge is 2.33. The maximum absolute atomic E-state index is 15.1. The van der Waals surface area contributed by atoms with Crippen molar-refractivity contribution in [2.75, 3.05) is 41.6 Å². The first-order chi connectivity index (χ1) is 21.1. The van der Waals surface area contributed by atoms with Crippen molar-refractivity contribution < 1.29 is 18.7 Å². The normalized spacial score (nSPS) is 13.8. The molecule has 0 spiro atoms. The molecule has 2 heterocycles. The molecule has 3 aromatic carbocycles. The van der Waals surface area contributed by atoms with E-state index in [1.807, 2.05) is 57.1 Å². The van der Waals surface area contributed by atoms with Gasteiger partial charge in [0, 0.05) is 25.3 Å². The second-order valence-corrected chi connectivity index (χ2v) is 11.2. The van der Waals surface area contributed by atoms with Crippen LogP contribution >= 0.6 is 11.8 Å². The van der Waals surface area contributed by atoms with E-state index in [1.165, 1.54) is 28.0 Å². The molecule has 44 heavy (non-hydrogen) atoms. The molecule has 0 atom stereocenters. The molecule has 0 radical (unpaired) electrons. The van der Waals surface area contributed by atoms with Gasteiger partial charge in [-0.2, -0.15) is 10.3 Å². The molecule has 5 rings (SSSR count). The van der Waals surface area contributed by atoms with E-state index in [0.717, 1.165) is 23.0 Å². The van der Waals surface area contributed by atoms with Crippen LogP contribution in [0.4, 0.5) is 26.2 Å². The SMILES string of the molecule is CC(C)c1ccc(N(C)C)cc1N1C(=O)CSC1=NC(=O)Nc1ccc(-c2ncn(-c3ccc(OCC#N)cc3)n2)cc1F. The summed E-state index contributed by atoms with van der Waals surface area (Å²) in [6.45, 7) is 4.01. The highest BCUT2D eigenvalue weighted by Crippen LogP contribution is 2.36. The fraction of sp³-hybridized carbons (Fsp3) is 0.226. The number of ether oxygens (including phenoxy) is 1. The number of halogens is 1. The highest BCUT2D eigenvalue weighted by atomic mass is 32.2. The minimum absolute atomic E-state index is 0.0515. The number of rotatable bonds is 8. The summed E-state index contributed by atoms with van der Waals surface area (Å²) in [6.07, 6.45) is 1.50. The number of nitrogens with zero attached hydrogens (tertiary/aromatic N) is 7. The number of hydrogen-bond acceptors (Lipinski definition) is 8. The van der Waals surface area contributed by atoms with Gasteiger partial charge in [-0.05, 0) is 66.1 Å². The van der Waals surface area contributed by atoms with Crippen LogP contribution in [0.15, 0.2) is 72.0 Å². The summed E-state index contributed by atoms with van der Waals surface area (Å²) in [4.78, 5) is 37.7. The van der Waals surface area contributed by atoms with Gasteiger partial charge in [0.2, 0.25) is 5.91 Å². The van der Waals surface area contributed by atoms with Gasteiger partial charge in [-0.25, -0.2) is 18.9 Å². The van der Waals surface area contributed by atoms with E-state index in [0.29, 0.717) is 22.7 Å². The number of urea groups is 1. The third kappa shape index (κ3) is 6.55. The maximum Gasteiger partial charge on any atom is 0.347 e. The molecule has 1 saturated heterocycles. The second-order valence-electron chi connectivity index (χ2n) is 10.3. The zero-order valence-corrected chi connectivity index (χ0v) is 25.3. The van der Waals surface area contributed by atoms with Crippen molar-refractivity contribution in [3.8, 4) is 28.9 Å². The van der Waals surface area contributed by atoms with E-state index >= 15 is 4.39 Å². The molecule has 0 saturated carbocycles. The molecule has 1 aliphatic rings. The van der Waals surface area contributed by atoms with E-state index in [1.54, 1.807) is 30.3 Å². The highest BCUT2D eigenvalue weighted by molar-refractivity contribution is 8.15. The number of benzene rings is 3. The standard InChI is InChI=1S/C31H29FN8O3S/c1-19(2)24-11-8-22(38(3)4)16-27(24)40-28(41)17-44-31(40)36-30(42)35-26-12-5-20(15-25(26)32)29-34-18-39(37-29)21-6-9-23(10-7-21)43-14-13-33/h5-12,15-16,18-19H,14,17H2,1-4H3,(H,35,42). The number of anilines is 3. The molecule has 1 aliphatic heterocycles. The van der Waals surface area contributed by atoms with Gasteiger partial charge in [-0.3, -0.25) is 9.69 Å². The van der Waals surface area contributed by atoms with Gasteiger partial charge in [-0.15, -0.1) is 5.10 Å². The molecular formula is C31H29FN8O3S. The Morgan fingerprint density at radius 2 is 1.95 bits per heavy atom. The first-order valence-corrected chi connectivity index (χ1v) is 14.6. The smallest absolute Gasteiger partial charge is 0.347 e. The fourth-order valence-corrected chi connectivity index (χ4v) is 5.35. The van der Waals surface area contributed by atoms with E-state index in [2.05, 4.69) is 20.4 Å². The summed E-state index contributed by atoms with van der Waals surface area (Å²) in [5.74, 6) is 0.203. The zero-order chi connectivity index (χ0) is 31.4. The Morgan fingerprint density at radius 1 is 1.18 bits per heavy atom. The van der Waals surface area contributed by atoms with Crippen molar-refractivity contribution in [2.45, 2.75) is 19.8 Å².